The van der Waals surface area contributed by atoms with Crippen LogP contribution in [0.3, 0.4) is 0 Å². The van der Waals surface area contributed by atoms with Crippen LogP contribution in [0, 0.1) is 11.3 Å². The number of nitriles is 1. The summed E-state index contributed by atoms with van der Waals surface area (Å²) < 4.78 is 5.68. The zero-order valence-electron chi connectivity index (χ0n) is 13.4. The molecule has 6 heteroatoms. The minimum atomic E-state index is -0.297. The third kappa shape index (κ3) is 3.85. The van der Waals surface area contributed by atoms with Crippen LogP contribution in [-0.2, 0) is 0 Å². The van der Waals surface area contributed by atoms with Gasteiger partial charge in [-0.25, -0.2) is 0 Å². The molecule has 2 aromatic carbocycles. The molecule has 0 aliphatic rings. The van der Waals surface area contributed by atoms with Crippen LogP contribution in [-0.4, -0.2) is 35.6 Å². The fraction of sp³-hybridized carbons (Fsp3) is 0.222. The van der Waals surface area contributed by atoms with Gasteiger partial charge in [-0.15, -0.1) is 0 Å². The molecule has 0 aromatic heterocycles. The molecule has 0 aliphatic heterocycles. The van der Waals surface area contributed by atoms with Gasteiger partial charge >= 0.3 is 0 Å². The van der Waals surface area contributed by atoms with E-state index in [1.807, 2.05) is 6.07 Å². The van der Waals surface area contributed by atoms with E-state index in [0.717, 1.165) is 0 Å². The molecule has 0 aliphatic carbocycles. The van der Waals surface area contributed by atoms with E-state index in [0.29, 0.717) is 22.6 Å². The maximum atomic E-state index is 12.3. The molecular weight excluding hydrogens is 328 g/mol. The number of hydrogen-bond acceptors (Lipinski definition) is 4. The van der Waals surface area contributed by atoms with E-state index in [-0.39, 0.29) is 23.6 Å². The van der Waals surface area contributed by atoms with Gasteiger partial charge in [0.1, 0.15) is 17.6 Å². The quantitative estimate of drug-likeness (QED) is 0.901. The summed E-state index contributed by atoms with van der Waals surface area (Å²) in [6, 6.07) is 13.3. The van der Waals surface area contributed by atoms with Gasteiger partial charge in [0, 0.05) is 12.6 Å². The number of aliphatic hydroxyl groups is 1. The fourth-order valence-electron chi connectivity index (χ4n) is 2.01. The van der Waals surface area contributed by atoms with Crippen molar-refractivity contribution in [1.82, 2.24) is 4.90 Å². The van der Waals surface area contributed by atoms with Crippen molar-refractivity contribution in [3.05, 3.63) is 58.6 Å². The third-order valence-electron chi connectivity index (χ3n) is 3.65. The van der Waals surface area contributed by atoms with Crippen molar-refractivity contribution < 1.29 is 14.6 Å². The topological polar surface area (TPSA) is 73.6 Å². The summed E-state index contributed by atoms with van der Waals surface area (Å²) in [5.41, 5.74) is 0.786. The van der Waals surface area contributed by atoms with E-state index in [1.54, 1.807) is 50.4 Å². The highest BCUT2D eigenvalue weighted by Crippen LogP contribution is 2.32. The van der Waals surface area contributed by atoms with Gasteiger partial charge in [0.05, 0.1) is 23.2 Å². The second-order valence-corrected chi connectivity index (χ2v) is 5.71. The lowest BCUT2D eigenvalue weighted by Crippen LogP contribution is -2.37. The molecule has 0 spiro atoms. The molecule has 1 N–H and O–H groups in total. The number of para-hydroxylation sites is 1. The number of rotatable bonds is 5. The summed E-state index contributed by atoms with van der Waals surface area (Å²) in [7, 11) is 1.62. The molecule has 1 unspecified atom stereocenters. The Morgan fingerprint density at radius 3 is 2.67 bits per heavy atom. The zero-order valence-corrected chi connectivity index (χ0v) is 14.1. The average Bonchev–Trinajstić information content (AvgIpc) is 2.61. The molecule has 2 aromatic rings. The summed E-state index contributed by atoms with van der Waals surface area (Å²) >= 11 is 6.21. The van der Waals surface area contributed by atoms with Crippen molar-refractivity contribution in [2.75, 3.05) is 13.7 Å². The first kappa shape index (κ1) is 17.8. The van der Waals surface area contributed by atoms with Gasteiger partial charge in [-0.3, -0.25) is 4.79 Å². The standard InChI is InChI=1S/C18H17ClN2O3/c1-12(11-22)21(2)18(23)13-7-8-17(15(19)9-13)24-16-6-4-3-5-14(16)10-20/h3-9,12,22H,11H2,1-2H3. The minimum Gasteiger partial charge on any atom is -0.454 e. The first-order chi connectivity index (χ1) is 11.5. The molecule has 0 saturated carbocycles. The van der Waals surface area contributed by atoms with Crippen LogP contribution in [0.5, 0.6) is 11.5 Å². The van der Waals surface area contributed by atoms with Crippen molar-refractivity contribution in [2.45, 2.75) is 13.0 Å². The molecule has 2 rings (SSSR count). The average molecular weight is 345 g/mol. The monoisotopic (exact) mass is 344 g/mol. The number of halogens is 1. The normalized spacial score (nSPS) is 11.5. The first-order valence-electron chi connectivity index (χ1n) is 7.32. The van der Waals surface area contributed by atoms with Gasteiger partial charge in [-0.1, -0.05) is 23.7 Å². The lowest BCUT2D eigenvalue weighted by Gasteiger charge is -2.23. The number of hydrogen-bond donors (Lipinski definition) is 1. The number of aliphatic hydroxyl groups excluding tert-OH is 1. The molecule has 0 fully saturated rings. The van der Waals surface area contributed by atoms with Crippen LogP contribution in [0.25, 0.3) is 0 Å². The molecule has 0 saturated heterocycles. The number of nitrogens with zero attached hydrogens (tertiary/aromatic N) is 2. The van der Waals surface area contributed by atoms with E-state index in [2.05, 4.69) is 0 Å². The van der Waals surface area contributed by atoms with Crippen LogP contribution < -0.4 is 4.74 Å². The van der Waals surface area contributed by atoms with Crippen molar-refractivity contribution >= 4 is 17.5 Å². The minimum absolute atomic E-state index is 0.123. The Morgan fingerprint density at radius 1 is 1.33 bits per heavy atom. The van der Waals surface area contributed by atoms with E-state index >= 15 is 0 Å². The molecule has 1 atom stereocenters. The van der Waals surface area contributed by atoms with E-state index < -0.39 is 0 Å². The van der Waals surface area contributed by atoms with Gasteiger partial charge in [-0.2, -0.15) is 5.26 Å². The molecule has 0 bridgehead atoms. The SMILES string of the molecule is CC(CO)N(C)C(=O)c1ccc(Oc2ccccc2C#N)c(Cl)c1. The number of ether oxygens (including phenoxy) is 1. The summed E-state index contributed by atoms with van der Waals surface area (Å²) in [5.74, 6) is 0.503. The van der Waals surface area contributed by atoms with Gasteiger partial charge in [-0.05, 0) is 37.3 Å². The molecule has 24 heavy (non-hydrogen) atoms. The Hall–Kier alpha value is -2.55. The maximum absolute atomic E-state index is 12.3. The molecular formula is C18H17ClN2O3. The molecule has 1 amide bonds. The van der Waals surface area contributed by atoms with Crippen LogP contribution in [0.4, 0.5) is 0 Å². The summed E-state index contributed by atoms with van der Waals surface area (Å²) in [6.07, 6.45) is 0. The maximum Gasteiger partial charge on any atom is 0.253 e. The summed E-state index contributed by atoms with van der Waals surface area (Å²) in [4.78, 5) is 13.8. The molecule has 0 radical (unpaired) electrons. The Bertz CT molecular complexity index is 786. The second-order valence-electron chi connectivity index (χ2n) is 5.30. The molecule has 124 valence electrons. The van der Waals surface area contributed by atoms with Crippen LogP contribution in [0.1, 0.15) is 22.8 Å². The van der Waals surface area contributed by atoms with Crippen LogP contribution in [0.2, 0.25) is 5.02 Å². The van der Waals surface area contributed by atoms with E-state index in [4.69, 9.17) is 26.7 Å². The zero-order chi connectivity index (χ0) is 17.7. The van der Waals surface area contributed by atoms with Gasteiger partial charge < -0.3 is 14.7 Å². The van der Waals surface area contributed by atoms with Crippen molar-refractivity contribution in [1.29, 1.82) is 5.26 Å². The second kappa shape index (κ2) is 7.82. The largest absolute Gasteiger partial charge is 0.454 e. The third-order valence-corrected chi connectivity index (χ3v) is 3.95. The van der Waals surface area contributed by atoms with Gasteiger partial charge in [0.15, 0.2) is 0 Å². The number of benzene rings is 2. The fourth-order valence-corrected chi connectivity index (χ4v) is 2.23. The highest BCUT2D eigenvalue weighted by Gasteiger charge is 2.18. The molecule has 0 heterocycles. The van der Waals surface area contributed by atoms with Crippen molar-refractivity contribution in [3.8, 4) is 17.6 Å². The predicted octanol–water partition coefficient (Wildman–Crippen LogP) is 3.46. The van der Waals surface area contributed by atoms with E-state index in [1.165, 1.54) is 11.0 Å². The number of amides is 1. The van der Waals surface area contributed by atoms with Crippen LogP contribution >= 0.6 is 11.6 Å². The summed E-state index contributed by atoms with van der Waals surface area (Å²) in [6.45, 7) is 1.62. The first-order valence-corrected chi connectivity index (χ1v) is 7.70. The Labute approximate surface area is 145 Å². The Morgan fingerprint density at radius 2 is 2.04 bits per heavy atom. The Balaban J connectivity index is 2.24. The smallest absolute Gasteiger partial charge is 0.253 e. The number of likely N-dealkylation sites (N-methyl/N-ethyl adjacent to an activating group) is 1. The highest BCUT2D eigenvalue weighted by molar-refractivity contribution is 6.32. The van der Waals surface area contributed by atoms with Crippen molar-refractivity contribution in [3.63, 3.8) is 0 Å². The van der Waals surface area contributed by atoms with Gasteiger partial charge in [0.25, 0.3) is 5.91 Å². The summed E-state index contributed by atoms with van der Waals surface area (Å²) in [5, 5.41) is 18.5. The Kier molecular flexibility index (Phi) is 5.80. The predicted molar refractivity (Wildman–Crippen MR) is 91.3 cm³/mol. The van der Waals surface area contributed by atoms with Gasteiger partial charge in [0.2, 0.25) is 0 Å². The number of carbonyl (C=O) groups is 1. The highest BCUT2D eigenvalue weighted by atomic mass is 35.5. The lowest BCUT2D eigenvalue weighted by molar-refractivity contribution is 0.0682. The van der Waals surface area contributed by atoms with Crippen molar-refractivity contribution in [2.24, 2.45) is 0 Å². The van der Waals surface area contributed by atoms with Crippen LogP contribution in [0.15, 0.2) is 42.5 Å². The lowest BCUT2D eigenvalue weighted by atomic mass is 10.1. The van der Waals surface area contributed by atoms with E-state index in [9.17, 15) is 4.79 Å². The molecule has 5 nitrogen and oxygen atoms in total. The number of carbonyl (C=O) groups excluding carboxylic acids is 1.